The minimum Gasteiger partial charge on any atom is -0.408 e. The van der Waals surface area contributed by atoms with Gasteiger partial charge in [-0.05, 0) is 30.6 Å². The van der Waals surface area contributed by atoms with E-state index < -0.39 is 5.69 Å². The lowest BCUT2D eigenvalue weighted by atomic mass is 10.2. The first-order valence-electron chi connectivity index (χ1n) is 7.31. The summed E-state index contributed by atoms with van der Waals surface area (Å²) in [5.41, 5.74) is 1.05. The molecule has 3 rings (SSSR count). The van der Waals surface area contributed by atoms with Crippen molar-refractivity contribution < 1.29 is 4.84 Å². The van der Waals surface area contributed by atoms with Gasteiger partial charge in [0.05, 0.1) is 5.56 Å². The normalized spacial score (nSPS) is 14.0. The summed E-state index contributed by atoms with van der Waals surface area (Å²) >= 11 is 1.38. The summed E-state index contributed by atoms with van der Waals surface area (Å²) < 4.78 is 1.24. The van der Waals surface area contributed by atoms with Crippen molar-refractivity contribution in [3.8, 4) is 0 Å². The first kappa shape index (κ1) is 15.0. The Morgan fingerprint density at radius 1 is 1.27 bits per heavy atom. The number of aromatic nitrogens is 2. The first-order valence-corrected chi connectivity index (χ1v) is 8.53. The molecule has 1 aliphatic rings. The Labute approximate surface area is 132 Å². The minimum atomic E-state index is -0.508. The van der Waals surface area contributed by atoms with Gasteiger partial charge in [-0.1, -0.05) is 30.3 Å². The number of nitrogens with zero attached hydrogens (tertiary/aromatic N) is 1. The van der Waals surface area contributed by atoms with Gasteiger partial charge in [0.1, 0.15) is 11.6 Å². The molecule has 1 fully saturated rings. The maximum atomic E-state index is 12.0. The van der Waals surface area contributed by atoms with Crippen LogP contribution in [0.3, 0.4) is 0 Å². The Morgan fingerprint density at radius 3 is 2.64 bits per heavy atom. The SMILES string of the molecule is CSc1c(C2CC2)c(=O)[nH]c(=O)n1OCCc1ccccc1. The van der Waals surface area contributed by atoms with Gasteiger partial charge in [-0.3, -0.25) is 9.78 Å². The van der Waals surface area contributed by atoms with Crippen LogP contribution in [0, 0.1) is 0 Å². The molecule has 116 valence electrons. The van der Waals surface area contributed by atoms with Gasteiger partial charge in [0.25, 0.3) is 5.56 Å². The molecule has 0 aliphatic heterocycles. The Kier molecular flexibility index (Phi) is 4.38. The fraction of sp³-hybridized carbons (Fsp3) is 0.375. The van der Waals surface area contributed by atoms with Crippen molar-refractivity contribution in [2.45, 2.75) is 30.2 Å². The van der Waals surface area contributed by atoms with Crippen LogP contribution in [0.15, 0.2) is 44.9 Å². The Hall–Kier alpha value is -1.95. The van der Waals surface area contributed by atoms with Gasteiger partial charge in [0, 0.05) is 6.42 Å². The van der Waals surface area contributed by atoms with Crippen LogP contribution in [-0.2, 0) is 6.42 Å². The van der Waals surface area contributed by atoms with Crippen LogP contribution in [0.1, 0.15) is 29.9 Å². The molecule has 1 aromatic heterocycles. The summed E-state index contributed by atoms with van der Waals surface area (Å²) in [4.78, 5) is 32.1. The number of hydrogen-bond acceptors (Lipinski definition) is 4. The average Bonchev–Trinajstić information content (AvgIpc) is 3.34. The number of hydrogen-bond donors (Lipinski definition) is 1. The standard InChI is InChI=1S/C16H18N2O3S/c1-22-15-13(12-7-8-12)14(19)17-16(20)18(15)21-10-9-11-5-3-2-4-6-11/h2-6,12H,7-10H2,1H3,(H,17,19,20). The first-order chi connectivity index (χ1) is 10.7. The molecule has 2 aromatic rings. The highest BCUT2D eigenvalue weighted by Crippen LogP contribution is 2.41. The molecule has 22 heavy (non-hydrogen) atoms. The van der Waals surface area contributed by atoms with Gasteiger partial charge in [0.15, 0.2) is 0 Å². The zero-order chi connectivity index (χ0) is 15.5. The van der Waals surface area contributed by atoms with Gasteiger partial charge < -0.3 is 4.84 Å². The molecule has 0 spiro atoms. The van der Waals surface area contributed by atoms with E-state index in [2.05, 4.69) is 4.98 Å². The second kappa shape index (κ2) is 6.44. The Balaban J connectivity index is 1.82. The van der Waals surface area contributed by atoms with Crippen molar-refractivity contribution in [2.24, 2.45) is 0 Å². The highest BCUT2D eigenvalue weighted by molar-refractivity contribution is 7.98. The smallest absolute Gasteiger partial charge is 0.362 e. The number of thioether (sulfide) groups is 1. The van der Waals surface area contributed by atoms with Crippen LogP contribution in [0.2, 0.25) is 0 Å². The van der Waals surface area contributed by atoms with Gasteiger partial charge in [-0.15, -0.1) is 16.5 Å². The van der Waals surface area contributed by atoms with Crippen molar-refractivity contribution >= 4 is 11.8 Å². The number of H-pyrrole nitrogens is 1. The van der Waals surface area contributed by atoms with Crippen molar-refractivity contribution in [3.63, 3.8) is 0 Å². The zero-order valence-electron chi connectivity index (χ0n) is 12.4. The molecule has 1 saturated carbocycles. The van der Waals surface area contributed by atoms with Crippen molar-refractivity contribution in [1.29, 1.82) is 0 Å². The van der Waals surface area contributed by atoms with E-state index >= 15 is 0 Å². The minimum absolute atomic E-state index is 0.260. The Morgan fingerprint density at radius 2 is 2.00 bits per heavy atom. The summed E-state index contributed by atoms with van der Waals surface area (Å²) in [6.07, 6.45) is 4.56. The van der Waals surface area contributed by atoms with Gasteiger partial charge in [-0.2, -0.15) is 0 Å². The van der Waals surface area contributed by atoms with Gasteiger partial charge >= 0.3 is 5.69 Å². The number of benzene rings is 1. The monoisotopic (exact) mass is 318 g/mol. The topological polar surface area (TPSA) is 64.1 Å². The van der Waals surface area contributed by atoms with Crippen molar-refractivity contribution in [3.05, 3.63) is 62.3 Å². The lowest BCUT2D eigenvalue weighted by molar-refractivity contribution is 0.0807. The molecular formula is C16H18N2O3S. The molecule has 1 aromatic carbocycles. The highest BCUT2D eigenvalue weighted by atomic mass is 32.2. The summed E-state index contributed by atoms with van der Waals surface area (Å²) in [6.45, 7) is 0.383. The van der Waals surface area contributed by atoms with Crippen molar-refractivity contribution in [2.75, 3.05) is 12.9 Å². The lowest BCUT2D eigenvalue weighted by Gasteiger charge is -2.14. The molecule has 0 atom stereocenters. The van der Waals surface area contributed by atoms with E-state index in [1.807, 2.05) is 36.6 Å². The molecule has 0 radical (unpaired) electrons. The van der Waals surface area contributed by atoms with Crippen LogP contribution >= 0.6 is 11.8 Å². The molecule has 1 N–H and O–H groups in total. The van der Waals surface area contributed by atoms with E-state index in [0.29, 0.717) is 23.6 Å². The number of nitrogens with one attached hydrogen (secondary N) is 1. The maximum absolute atomic E-state index is 12.0. The van der Waals surface area contributed by atoms with Crippen LogP contribution in [-0.4, -0.2) is 22.6 Å². The fourth-order valence-electron chi connectivity index (χ4n) is 2.46. The van der Waals surface area contributed by atoms with E-state index in [0.717, 1.165) is 18.4 Å². The van der Waals surface area contributed by atoms with E-state index in [1.165, 1.54) is 16.5 Å². The van der Waals surface area contributed by atoms with Crippen LogP contribution in [0.5, 0.6) is 0 Å². The molecule has 1 heterocycles. The van der Waals surface area contributed by atoms with E-state index in [4.69, 9.17) is 4.84 Å². The summed E-state index contributed by atoms with van der Waals surface area (Å²) in [7, 11) is 0. The van der Waals surface area contributed by atoms with Gasteiger partial charge in [0.2, 0.25) is 0 Å². The Bertz CT molecular complexity index is 763. The quantitative estimate of drug-likeness (QED) is 0.652. The second-order valence-corrected chi connectivity index (χ2v) is 6.11. The zero-order valence-corrected chi connectivity index (χ0v) is 13.2. The maximum Gasteiger partial charge on any atom is 0.362 e. The van der Waals surface area contributed by atoms with E-state index in [1.54, 1.807) is 0 Å². The summed E-state index contributed by atoms with van der Waals surface area (Å²) in [5.74, 6) is 0.260. The molecule has 5 nitrogen and oxygen atoms in total. The molecule has 0 bridgehead atoms. The van der Waals surface area contributed by atoms with Crippen LogP contribution in [0.25, 0.3) is 0 Å². The predicted molar refractivity (Wildman–Crippen MR) is 86.7 cm³/mol. The highest BCUT2D eigenvalue weighted by Gasteiger charge is 2.31. The third-order valence-corrected chi connectivity index (χ3v) is 4.47. The molecule has 1 aliphatic carbocycles. The molecule has 0 unspecified atom stereocenters. The largest absolute Gasteiger partial charge is 0.408 e. The predicted octanol–water partition coefficient (Wildman–Crippen LogP) is 1.81. The van der Waals surface area contributed by atoms with Crippen LogP contribution in [0.4, 0.5) is 0 Å². The second-order valence-electron chi connectivity index (χ2n) is 5.32. The molecular weight excluding hydrogens is 300 g/mol. The van der Waals surface area contributed by atoms with E-state index in [9.17, 15) is 9.59 Å². The van der Waals surface area contributed by atoms with E-state index in [-0.39, 0.29) is 11.5 Å². The molecule has 6 heteroatoms. The summed E-state index contributed by atoms with van der Waals surface area (Å²) in [6, 6.07) is 9.94. The van der Waals surface area contributed by atoms with Gasteiger partial charge in [-0.25, -0.2) is 4.79 Å². The lowest BCUT2D eigenvalue weighted by Crippen LogP contribution is -2.38. The average molecular weight is 318 g/mol. The third-order valence-electron chi connectivity index (χ3n) is 3.70. The third kappa shape index (κ3) is 3.11. The fourth-order valence-corrected chi connectivity index (χ4v) is 3.24. The van der Waals surface area contributed by atoms with Crippen LogP contribution < -0.4 is 16.1 Å². The molecule has 0 amide bonds. The number of rotatable bonds is 6. The number of aromatic amines is 1. The molecule has 0 saturated heterocycles. The summed E-state index contributed by atoms with van der Waals surface area (Å²) in [5, 5.41) is 0.629. The van der Waals surface area contributed by atoms with Crippen molar-refractivity contribution in [1.82, 2.24) is 9.71 Å².